The summed E-state index contributed by atoms with van der Waals surface area (Å²) in [6, 6.07) is 22.3. The van der Waals surface area contributed by atoms with Crippen molar-refractivity contribution in [3.05, 3.63) is 113 Å². The smallest absolute Gasteiger partial charge is 0.328 e. The molecule has 0 amide bonds. The Balaban J connectivity index is 0.000000325. The van der Waals surface area contributed by atoms with E-state index in [1.807, 2.05) is 30.0 Å². The lowest BCUT2D eigenvalue weighted by Crippen LogP contribution is -2.48. The van der Waals surface area contributed by atoms with E-state index < -0.39 is 23.9 Å². The van der Waals surface area contributed by atoms with E-state index in [0.717, 1.165) is 54.8 Å². The first-order valence-electron chi connectivity index (χ1n) is 14.6. The fourth-order valence-electron chi connectivity index (χ4n) is 4.81. The Kier molecular flexibility index (Phi) is 15.7. The van der Waals surface area contributed by atoms with Crippen molar-refractivity contribution < 1.29 is 44.0 Å². The quantitative estimate of drug-likeness (QED) is 0.150. The van der Waals surface area contributed by atoms with Gasteiger partial charge in [0.25, 0.3) is 0 Å². The van der Waals surface area contributed by atoms with Crippen molar-refractivity contribution in [1.29, 1.82) is 0 Å². The van der Waals surface area contributed by atoms with E-state index in [4.69, 9.17) is 32.0 Å². The molecular formula is C34H34ClFN2O8S2. The van der Waals surface area contributed by atoms with E-state index in [2.05, 4.69) is 46.2 Å². The predicted molar refractivity (Wildman–Crippen MR) is 182 cm³/mol. The highest BCUT2D eigenvalue weighted by molar-refractivity contribution is 7.99. The SMILES string of the molecule is Fc1ccc(SCCN2CCN(C3Cc4ccccc4Sc4ccc(Cl)cc43)CC2)cc1.O=C(O)/C=C/C(=O)O.O=C(O)/C=C/C(=O)O. The monoisotopic (exact) mass is 716 g/mol. The molecule has 3 aromatic carbocycles. The van der Waals surface area contributed by atoms with Gasteiger partial charge < -0.3 is 20.4 Å². The highest BCUT2D eigenvalue weighted by atomic mass is 35.5. The lowest BCUT2D eigenvalue weighted by Gasteiger charge is -2.39. The Bertz CT molecular complexity index is 1560. The Morgan fingerprint density at radius 1 is 0.792 bits per heavy atom. The van der Waals surface area contributed by atoms with Crippen molar-refractivity contribution in [1.82, 2.24) is 9.80 Å². The largest absolute Gasteiger partial charge is 0.478 e. The number of halogens is 2. The molecule has 1 fully saturated rings. The van der Waals surface area contributed by atoms with Crippen molar-refractivity contribution in [2.24, 2.45) is 0 Å². The van der Waals surface area contributed by atoms with E-state index in [1.54, 1.807) is 11.8 Å². The van der Waals surface area contributed by atoms with Gasteiger partial charge in [-0.3, -0.25) is 9.80 Å². The Hall–Kier alpha value is -4.14. The molecule has 0 bridgehead atoms. The van der Waals surface area contributed by atoms with Crippen molar-refractivity contribution in [2.75, 3.05) is 38.5 Å². The number of nitrogens with zero attached hydrogens (tertiary/aromatic N) is 2. The zero-order valence-corrected chi connectivity index (χ0v) is 28.0. The summed E-state index contributed by atoms with van der Waals surface area (Å²) in [4.78, 5) is 47.2. The summed E-state index contributed by atoms with van der Waals surface area (Å²) in [6.07, 6.45) is 3.26. The maximum Gasteiger partial charge on any atom is 0.328 e. The molecule has 1 atom stereocenters. The average Bonchev–Trinajstić information content (AvgIpc) is 3.21. The second-order valence-electron chi connectivity index (χ2n) is 10.3. The minimum absolute atomic E-state index is 0.173. The molecule has 48 heavy (non-hydrogen) atoms. The summed E-state index contributed by atoms with van der Waals surface area (Å²) in [5.41, 5.74) is 2.78. The third-order valence-corrected chi connectivity index (χ3v) is 9.45. The molecule has 3 aromatic rings. The highest BCUT2D eigenvalue weighted by Gasteiger charge is 2.30. The predicted octanol–water partition coefficient (Wildman–Crippen LogP) is 6.06. The van der Waals surface area contributed by atoms with Gasteiger partial charge in [0, 0.05) is 88.5 Å². The van der Waals surface area contributed by atoms with E-state index in [1.165, 1.54) is 33.1 Å². The number of piperazine rings is 1. The molecule has 4 N–H and O–H groups in total. The molecule has 0 spiro atoms. The van der Waals surface area contributed by atoms with Crippen LogP contribution in [-0.4, -0.2) is 92.6 Å². The van der Waals surface area contributed by atoms with Crippen molar-refractivity contribution in [3.63, 3.8) is 0 Å². The van der Waals surface area contributed by atoms with Gasteiger partial charge in [-0.15, -0.1) is 11.8 Å². The third-order valence-electron chi connectivity index (χ3n) is 7.01. The van der Waals surface area contributed by atoms with Crippen LogP contribution in [0.5, 0.6) is 0 Å². The maximum absolute atomic E-state index is 13.1. The number of carboxylic acids is 4. The number of thioether (sulfide) groups is 1. The van der Waals surface area contributed by atoms with Crippen LogP contribution in [0.15, 0.2) is 106 Å². The molecular weight excluding hydrogens is 683 g/mol. The number of hydrogen-bond acceptors (Lipinski definition) is 8. The highest BCUT2D eigenvalue weighted by Crippen LogP contribution is 2.43. The Morgan fingerprint density at radius 3 is 1.92 bits per heavy atom. The van der Waals surface area contributed by atoms with E-state index in [-0.39, 0.29) is 5.82 Å². The normalized spacial score (nSPS) is 16.0. The van der Waals surface area contributed by atoms with Gasteiger partial charge >= 0.3 is 23.9 Å². The number of carbonyl (C=O) groups is 4. The van der Waals surface area contributed by atoms with Gasteiger partial charge in [0.1, 0.15) is 5.82 Å². The lowest BCUT2D eigenvalue weighted by atomic mass is 9.96. The topological polar surface area (TPSA) is 156 Å². The summed E-state index contributed by atoms with van der Waals surface area (Å²) >= 11 is 10.1. The van der Waals surface area contributed by atoms with Gasteiger partial charge in [0.15, 0.2) is 0 Å². The summed E-state index contributed by atoms with van der Waals surface area (Å²) in [7, 11) is 0. The van der Waals surface area contributed by atoms with Crippen LogP contribution in [0.3, 0.4) is 0 Å². The zero-order valence-electron chi connectivity index (χ0n) is 25.6. The van der Waals surface area contributed by atoms with Crippen molar-refractivity contribution in [3.8, 4) is 0 Å². The first kappa shape index (κ1) is 38.3. The Morgan fingerprint density at radius 2 is 1.35 bits per heavy atom. The van der Waals surface area contributed by atoms with Gasteiger partial charge in [-0.1, -0.05) is 41.6 Å². The van der Waals surface area contributed by atoms with Crippen LogP contribution in [0.2, 0.25) is 5.02 Å². The van der Waals surface area contributed by atoms with Gasteiger partial charge in [-0.25, -0.2) is 23.6 Å². The van der Waals surface area contributed by atoms with E-state index >= 15 is 0 Å². The standard InChI is InChI=1S/C26H26ClFN2S2.2C4H4O4/c27-20-5-10-26-23(18-20)24(17-19-3-1-2-4-25(19)32-26)30-13-11-29(12-14-30)15-16-31-22-8-6-21(28)7-9-22;2*5-3(6)1-2-4(7)8/h1-10,18,24H,11-17H2;2*1-2H,(H,5,6)(H,7,8)/b;2*2-1+. The molecule has 0 aromatic heterocycles. The molecule has 2 aliphatic heterocycles. The number of aliphatic carboxylic acids is 4. The first-order chi connectivity index (χ1) is 22.9. The average molecular weight is 717 g/mol. The zero-order chi connectivity index (χ0) is 35.1. The van der Waals surface area contributed by atoms with Crippen LogP contribution in [-0.2, 0) is 25.6 Å². The van der Waals surface area contributed by atoms with Gasteiger partial charge in [-0.05, 0) is 66.1 Å². The Labute approximate surface area is 290 Å². The van der Waals surface area contributed by atoms with E-state index in [0.29, 0.717) is 30.3 Å². The van der Waals surface area contributed by atoms with Crippen LogP contribution in [0.25, 0.3) is 0 Å². The molecule has 2 aliphatic rings. The number of benzene rings is 3. The maximum atomic E-state index is 13.1. The summed E-state index contributed by atoms with van der Waals surface area (Å²) < 4.78 is 13.1. The van der Waals surface area contributed by atoms with Crippen LogP contribution in [0.4, 0.5) is 4.39 Å². The number of rotatable bonds is 9. The summed E-state index contributed by atoms with van der Waals surface area (Å²) in [5.74, 6) is -4.18. The number of carboxylic acid groups (broad SMARTS) is 4. The van der Waals surface area contributed by atoms with Crippen LogP contribution in [0, 0.1) is 5.82 Å². The molecule has 1 unspecified atom stereocenters. The van der Waals surface area contributed by atoms with Gasteiger partial charge in [0.05, 0.1) is 0 Å². The van der Waals surface area contributed by atoms with Crippen molar-refractivity contribution >= 4 is 59.0 Å². The molecule has 14 heteroatoms. The lowest BCUT2D eigenvalue weighted by molar-refractivity contribution is -0.134. The molecule has 1 saturated heterocycles. The van der Waals surface area contributed by atoms with Crippen LogP contribution < -0.4 is 0 Å². The first-order valence-corrected chi connectivity index (χ1v) is 16.8. The third kappa shape index (κ3) is 13.5. The minimum atomic E-state index is -1.26. The molecule has 0 saturated carbocycles. The fraction of sp³-hybridized carbons (Fsp3) is 0.235. The summed E-state index contributed by atoms with van der Waals surface area (Å²) in [5, 5.41) is 32.1. The van der Waals surface area contributed by atoms with E-state index in [9.17, 15) is 23.6 Å². The number of hydrogen-bond donors (Lipinski definition) is 4. The van der Waals surface area contributed by atoms with Crippen LogP contribution in [0.1, 0.15) is 17.2 Å². The second kappa shape index (κ2) is 19.6. The van der Waals surface area contributed by atoms with Crippen LogP contribution >= 0.6 is 35.1 Å². The van der Waals surface area contributed by atoms with Crippen molar-refractivity contribution in [2.45, 2.75) is 27.1 Å². The fourth-order valence-corrected chi connectivity index (χ4v) is 7.02. The molecule has 0 radical (unpaired) electrons. The molecule has 2 heterocycles. The van der Waals surface area contributed by atoms with Gasteiger partial charge in [0.2, 0.25) is 0 Å². The summed E-state index contributed by atoms with van der Waals surface area (Å²) in [6.45, 7) is 5.33. The molecule has 5 rings (SSSR count). The number of fused-ring (bicyclic) bond motifs is 2. The van der Waals surface area contributed by atoms with Gasteiger partial charge in [-0.2, -0.15) is 0 Å². The molecule has 10 nitrogen and oxygen atoms in total. The molecule has 254 valence electrons. The minimum Gasteiger partial charge on any atom is -0.478 e. The second-order valence-corrected chi connectivity index (χ2v) is 13.0. The molecule has 0 aliphatic carbocycles.